The van der Waals surface area contributed by atoms with Gasteiger partial charge in [-0.3, -0.25) is 19.0 Å². The first-order valence-electron chi connectivity index (χ1n) is 12.4. The average Bonchev–Trinajstić information content (AvgIpc) is 3.50. The number of nitrogens with zero attached hydrogens (tertiary/aromatic N) is 4. The molecule has 10 nitrogen and oxygen atoms in total. The van der Waals surface area contributed by atoms with E-state index in [-0.39, 0.29) is 39.9 Å². The molecule has 2 amide bonds. The normalized spacial score (nSPS) is 13.9. The van der Waals surface area contributed by atoms with Crippen LogP contribution >= 0.6 is 0 Å². The highest BCUT2D eigenvalue weighted by molar-refractivity contribution is 5.98. The van der Waals surface area contributed by atoms with E-state index in [4.69, 9.17) is 0 Å². The Morgan fingerprint density at radius 1 is 1.11 bits per heavy atom. The third kappa shape index (κ3) is 4.64. The van der Waals surface area contributed by atoms with Crippen LogP contribution in [0.2, 0.25) is 0 Å². The number of aromatic nitrogens is 4. The Hall–Kier alpha value is -4.28. The summed E-state index contributed by atoms with van der Waals surface area (Å²) in [6.45, 7) is 1.71. The molecule has 0 spiro atoms. The molecule has 1 aliphatic carbocycles. The Morgan fingerprint density at radius 2 is 1.86 bits per heavy atom. The average molecular weight is 507 g/mol. The van der Waals surface area contributed by atoms with Crippen molar-refractivity contribution in [3.63, 3.8) is 0 Å². The summed E-state index contributed by atoms with van der Waals surface area (Å²) >= 11 is 0. The quantitative estimate of drug-likeness (QED) is 0.399. The zero-order valence-corrected chi connectivity index (χ0v) is 20.4. The van der Waals surface area contributed by atoms with E-state index in [0.29, 0.717) is 18.5 Å². The maximum Gasteiger partial charge on any atom is 0.352 e. The van der Waals surface area contributed by atoms with E-state index in [2.05, 4.69) is 15.7 Å². The fraction of sp³-hybridized carbons (Fsp3) is 0.346. The van der Waals surface area contributed by atoms with Crippen molar-refractivity contribution >= 4 is 34.2 Å². The third-order valence-electron chi connectivity index (χ3n) is 6.62. The molecule has 1 fully saturated rings. The number of hydrogen-bond acceptors (Lipinski definition) is 5. The van der Waals surface area contributed by atoms with Gasteiger partial charge >= 0.3 is 5.69 Å². The molecule has 1 aliphatic rings. The maximum atomic E-state index is 13.9. The molecule has 2 heterocycles. The highest BCUT2D eigenvalue weighted by Crippen LogP contribution is 2.19. The van der Waals surface area contributed by atoms with E-state index in [1.54, 1.807) is 18.2 Å². The van der Waals surface area contributed by atoms with Gasteiger partial charge in [-0.2, -0.15) is 0 Å². The first kappa shape index (κ1) is 24.4. The van der Waals surface area contributed by atoms with E-state index in [1.807, 2.05) is 6.92 Å². The van der Waals surface area contributed by atoms with Crippen molar-refractivity contribution in [2.24, 2.45) is 0 Å². The number of fused-ring (bicyclic) bond motifs is 3. The van der Waals surface area contributed by atoms with Gasteiger partial charge in [0.2, 0.25) is 11.7 Å². The summed E-state index contributed by atoms with van der Waals surface area (Å²) in [5.74, 6) is -1.47. The number of hydrogen-bond donors (Lipinski definition) is 2. The number of rotatable bonds is 7. The van der Waals surface area contributed by atoms with Crippen LogP contribution in [0.5, 0.6) is 0 Å². The second kappa shape index (κ2) is 10.00. The lowest BCUT2D eigenvalue weighted by Crippen LogP contribution is -2.33. The minimum Gasteiger partial charge on any atom is -0.349 e. The smallest absolute Gasteiger partial charge is 0.349 e. The van der Waals surface area contributed by atoms with Crippen molar-refractivity contribution in [3.8, 4) is 0 Å². The van der Waals surface area contributed by atoms with E-state index in [1.165, 1.54) is 33.2 Å². The first-order chi connectivity index (χ1) is 17.9. The van der Waals surface area contributed by atoms with Crippen LogP contribution in [0.1, 0.15) is 49.4 Å². The number of para-hydroxylation sites is 1. The van der Waals surface area contributed by atoms with Gasteiger partial charge in [0.15, 0.2) is 0 Å². The predicted molar refractivity (Wildman–Crippen MR) is 136 cm³/mol. The number of carbonyl (C=O) groups excluding carboxylic acids is 2. The molecule has 0 bridgehead atoms. The predicted octanol–water partition coefficient (Wildman–Crippen LogP) is 2.67. The standard InChI is InChI=1S/C26H27FN6O4/c1-2-13-31-24(36)18-12-11-16(23(35)28-17-7-3-4-8-17)14-21(18)33-25(31)30-32(26(33)37)15-22(34)29-20-10-6-5-9-19(20)27/h5-6,9-12,14,17H,2-4,7-8,13,15H2,1H3,(H,28,35)(H,29,34). The van der Waals surface area contributed by atoms with Crippen LogP contribution in [-0.4, -0.2) is 36.6 Å². The van der Waals surface area contributed by atoms with Gasteiger partial charge in [-0.05, 0) is 49.6 Å². The van der Waals surface area contributed by atoms with Gasteiger partial charge in [-0.15, -0.1) is 5.10 Å². The summed E-state index contributed by atoms with van der Waals surface area (Å²) in [6.07, 6.45) is 4.59. The number of nitrogens with one attached hydrogen (secondary N) is 2. The molecule has 0 radical (unpaired) electrons. The third-order valence-corrected chi connectivity index (χ3v) is 6.62. The Balaban J connectivity index is 1.57. The summed E-state index contributed by atoms with van der Waals surface area (Å²) in [5.41, 5.74) is -0.458. The monoisotopic (exact) mass is 506 g/mol. The molecule has 11 heteroatoms. The van der Waals surface area contributed by atoms with Crippen LogP contribution in [0.25, 0.3) is 16.7 Å². The minimum absolute atomic E-state index is 0.0180. The first-order valence-corrected chi connectivity index (χ1v) is 12.4. The molecular formula is C26H27FN6O4. The van der Waals surface area contributed by atoms with Crippen LogP contribution in [0.3, 0.4) is 0 Å². The zero-order valence-electron chi connectivity index (χ0n) is 20.4. The van der Waals surface area contributed by atoms with Gasteiger partial charge in [-0.25, -0.2) is 18.3 Å². The molecule has 0 unspecified atom stereocenters. The van der Waals surface area contributed by atoms with Crippen molar-refractivity contribution in [3.05, 3.63) is 74.7 Å². The summed E-state index contributed by atoms with van der Waals surface area (Å²) in [4.78, 5) is 52.2. The highest BCUT2D eigenvalue weighted by atomic mass is 19.1. The molecule has 1 saturated carbocycles. The SMILES string of the molecule is CCCn1c(=O)c2ccc(C(=O)NC3CCCC3)cc2n2c(=O)n(CC(=O)Nc3ccccc3F)nc12. The lowest BCUT2D eigenvalue weighted by atomic mass is 10.1. The zero-order chi connectivity index (χ0) is 26.1. The molecular weight excluding hydrogens is 479 g/mol. The molecule has 2 aromatic heterocycles. The molecule has 0 saturated heterocycles. The Kier molecular flexibility index (Phi) is 6.60. The number of carbonyl (C=O) groups is 2. The van der Waals surface area contributed by atoms with Crippen LogP contribution in [0, 0.1) is 5.82 Å². The molecule has 2 N–H and O–H groups in total. The lowest BCUT2D eigenvalue weighted by Gasteiger charge is -2.13. The van der Waals surface area contributed by atoms with E-state index >= 15 is 0 Å². The van der Waals surface area contributed by atoms with Crippen LogP contribution in [0.15, 0.2) is 52.1 Å². The van der Waals surface area contributed by atoms with Crippen LogP contribution in [0.4, 0.5) is 10.1 Å². The fourth-order valence-corrected chi connectivity index (χ4v) is 4.81. The van der Waals surface area contributed by atoms with Crippen LogP contribution in [-0.2, 0) is 17.9 Å². The van der Waals surface area contributed by atoms with Gasteiger partial charge in [-0.1, -0.05) is 31.9 Å². The second-order valence-electron chi connectivity index (χ2n) is 9.25. The van der Waals surface area contributed by atoms with E-state index in [0.717, 1.165) is 30.4 Å². The summed E-state index contributed by atoms with van der Waals surface area (Å²) in [6, 6.07) is 10.4. The van der Waals surface area contributed by atoms with Crippen molar-refractivity contribution in [2.45, 2.75) is 58.2 Å². The van der Waals surface area contributed by atoms with Gasteiger partial charge < -0.3 is 10.6 Å². The second-order valence-corrected chi connectivity index (χ2v) is 9.25. The van der Waals surface area contributed by atoms with Gasteiger partial charge in [0, 0.05) is 18.2 Å². The number of benzene rings is 2. The largest absolute Gasteiger partial charge is 0.352 e. The van der Waals surface area contributed by atoms with Gasteiger partial charge in [0.25, 0.3) is 11.5 Å². The maximum absolute atomic E-state index is 13.9. The Bertz CT molecular complexity index is 1630. The molecule has 0 aliphatic heterocycles. The van der Waals surface area contributed by atoms with Gasteiger partial charge in [0.1, 0.15) is 12.4 Å². The highest BCUT2D eigenvalue weighted by Gasteiger charge is 2.22. The number of amides is 2. The van der Waals surface area contributed by atoms with Crippen molar-refractivity contribution < 1.29 is 14.0 Å². The Labute approximate surface area is 210 Å². The van der Waals surface area contributed by atoms with Crippen LogP contribution < -0.4 is 21.9 Å². The molecule has 37 heavy (non-hydrogen) atoms. The minimum atomic E-state index is -0.652. The fourth-order valence-electron chi connectivity index (χ4n) is 4.81. The van der Waals surface area contributed by atoms with Crippen molar-refractivity contribution in [2.75, 3.05) is 5.32 Å². The lowest BCUT2D eigenvalue weighted by molar-refractivity contribution is -0.117. The Morgan fingerprint density at radius 3 is 2.59 bits per heavy atom. The summed E-state index contributed by atoms with van der Waals surface area (Å²) in [7, 11) is 0. The molecule has 4 aromatic rings. The van der Waals surface area contributed by atoms with Gasteiger partial charge in [0.05, 0.1) is 16.6 Å². The molecule has 192 valence electrons. The summed E-state index contributed by atoms with van der Waals surface area (Å²) < 4.78 is 17.5. The van der Waals surface area contributed by atoms with E-state index in [9.17, 15) is 23.6 Å². The van der Waals surface area contributed by atoms with Crippen molar-refractivity contribution in [1.29, 1.82) is 0 Å². The number of aryl methyl sites for hydroxylation is 1. The molecule has 2 aromatic carbocycles. The molecule has 0 atom stereocenters. The topological polar surface area (TPSA) is 120 Å². The number of halogens is 1. The molecule has 5 rings (SSSR count). The van der Waals surface area contributed by atoms with Crippen molar-refractivity contribution in [1.82, 2.24) is 24.1 Å². The van der Waals surface area contributed by atoms with E-state index < -0.39 is 24.0 Å². The summed E-state index contributed by atoms with van der Waals surface area (Å²) in [5, 5.41) is 9.98. The number of anilines is 1.